The molecule has 1 saturated heterocycles. The van der Waals surface area contributed by atoms with Gasteiger partial charge in [0.05, 0.1) is 0 Å². The molecule has 0 bridgehead atoms. The number of phenolic OH excluding ortho intramolecular Hbond substituents is 2. The standard InChI is InChI=1S/C28H29NO3S/c1-3-14-29-16-24(17-29)33-23-11-6-20(7-12-23)28-27(19-4-8-21(30)9-5-19)18(2)25-13-10-22(31)15-26(25)32-28/h4-13,15,24,28,30-31H,3,14,16-17H2,1-2H3/i1D2,2D3,24D. The van der Waals surface area contributed by atoms with E-state index in [9.17, 15) is 10.2 Å². The number of benzene rings is 3. The monoisotopic (exact) mass is 465 g/mol. The van der Waals surface area contributed by atoms with Crippen LogP contribution in [0.3, 0.4) is 0 Å². The van der Waals surface area contributed by atoms with E-state index in [1.54, 1.807) is 18.2 Å². The van der Waals surface area contributed by atoms with E-state index in [0.717, 1.165) is 4.90 Å². The number of ether oxygens (including phenoxy) is 1. The SMILES string of the molecule is [2H]C([2H])CCN1CC([2H])(Sc2ccc(C3Oc4cc(O)ccc4C(C([2H])([2H])[2H])=C3c3ccc(O)cc3)cc2)C1. The van der Waals surface area contributed by atoms with Gasteiger partial charge in [-0.15, -0.1) is 11.8 Å². The van der Waals surface area contributed by atoms with Crippen molar-refractivity contribution in [3.63, 3.8) is 0 Å². The summed E-state index contributed by atoms with van der Waals surface area (Å²) in [5.74, 6) is 0.302. The molecule has 0 aromatic heterocycles. The number of hydrogen-bond donors (Lipinski definition) is 2. The molecule has 170 valence electrons. The normalized spacial score (nSPS) is 22.6. The molecular weight excluding hydrogens is 430 g/mol. The van der Waals surface area contributed by atoms with Gasteiger partial charge in [-0.2, -0.15) is 0 Å². The van der Waals surface area contributed by atoms with Crippen LogP contribution in [0.4, 0.5) is 0 Å². The fourth-order valence-electron chi connectivity index (χ4n) is 4.18. The van der Waals surface area contributed by atoms with Gasteiger partial charge in [0.2, 0.25) is 0 Å². The number of thioether (sulfide) groups is 1. The van der Waals surface area contributed by atoms with Crippen LogP contribution in [-0.2, 0) is 0 Å². The van der Waals surface area contributed by atoms with Crippen molar-refractivity contribution in [2.45, 2.75) is 36.4 Å². The Morgan fingerprint density at radius 2 is 1.79 bits per heavy atom. The van der Waals surface area contributed by atoms with Crippen LogP contribution in [0.15, 0.2) is 71.6 Å². The van der Waals surface area contributed by atoms with Gasteiger partial charge in [0.15, 0.2) is 0 Å². The highest BCUT2D eigenvalue weighted by molar-refractivity contribution is 8.00. The first kappa shape index (κ1) is 15.9. The molecule has 1 atom stereocenters. The van der Waals surface area contributed by atoms with Crippen LogP contribution in [-0.4, -0.2) is 40.0 Å². The van der Waals surface area contributed by atoms with Crippen molar-refractivity contribution in [2.75, 3.05) is 19.6 Å². The zero-order valence-corrected chi connectivity index (χ0v) is 18.8. The van der Waals surface area contributed by atoms with Crippen molar-refractivity contribution < 1.29 is 23.2 Å². The molecule has 3 aromatic rings. The molecule has 5 heteroatoms. The molecule has 0 aliphatic carbocycles. The molecular formula is C28H29NO3S. The zero-order chi connectivity index (χ0) is 27.9. The highest BCUT2D eigenvalue weighted by Crippen LogP contribution is 2.47. The predicted octanol–water partition coefficient (Wildman–Crippen LogP) is 6.35. The molecule has 0 radical (unpaired) electrons. The van der Waals surface area contributed by atoms with E-state index in [0.29, 0.717) is 48.3 Å². The molecule has 1 fully saturated rings. The highest BCUT2D eigenvalue weighted by atomic mass is 32.2. The van der Waals surface area contributed by atoms with Gasteiger partial charge >= 0.3 is 0 Å². The minimum atomic E-state index is -2.48. The summed E-state index contributed by atoms with van der Waals surface area (Å²) in [6, 6.07) is 18.3. The zero-order valence-electron chi connectivity index (χ0n) is 24.0. The van der Waals surface area contributed by atoms with Crippen molar-refractivity contribution >= 4 is 22.9 Å². The first-order valence-corrected chi connectivity index (χ1v) is 11.6. The average molecular weight is 466 g/mol. The maximum absolute atomic E-state index is 10.1. The average Bonchev–Trinajstić information content (AvgIpc) is 2.85. The lowest BCUT2D eigenvalue weighted by molar-refractivity contribution is 0.191. The fourth-order valence-corrected chi connectivity index (χ4v) is 5.28. The second-order valence-electron chi connectivity index (χ2n) is 8.22. The number of likely N-dealkylation sites (tertiary alicyclic amines) is 1. The van der Waals surface area contributed by atoms with Crippen LogP contribution < -0.4 is 4.74 Å². The van der Waals surface area contributed by atoms with E-state index in [1.165, 1.54) is 36.0 Å². The Bertz CT molecular complexity index is 1370. The van der Waals surface area contributed by atoms with Crippen LogP contribution in [0.1, 0.15) is 51.2 Å². The van der Waals surface area contributed by atoms with Gasteiger partial charge in [-0.25, -0.2) is 0 Å². The van der Waals surface area contributed by atoms with E-state index in [2.05, 4.69) is 4.90 Å². The number of hydrogen-bond acceptors (Lipinski definition) is 5. The Morgan fingerprint density at radius 3 is 2.52 bits per heavy atom. The van der Waals surface area contributed by atoms with Crippen molar-refractivity contribution in [1.29, 1.82) is 0 Å². The molecule has 4 nitrogen and oxygen atoms in total. The fraction of sp³-hybridized carbons (Fsp3) is 0.286. The quantitative estimate of drug-likeness (QED) is 0.444. The molecule has 0 amide bonds. The number of aromatic hydroxyl groups is 2. The summed E-state index contributed by atoms with van der Waals surface area (Å²) < 4.78 is 54.9. The molecule has 1 unspecified atom stereocenters. The van der Waals surface area contributed by atoms with Crippen molar-refractivity contribution in [1.82, 2.24) is 4.90 Å². The van der Waals surface area contributed by atoms with Crippen LogP contribution in [0.5, 0.6) is 17.2 Å². The van der Waals surface area contributed by atoms with Gasteiger partial charge in [0.25, 0.3) is 0 Å². The van der Waals surface area contributed by atoms with Crippen molar-refractivity contribution in [2.24, 2.45) is 0 Å². The van der Waals surface area contributed by atoms with Gasteiger partial charge in [0, 0.05) is 48.6 Å². The molecule has 2 aliphatic rings. The Labute approximate surface area is 208 Å². The first-order chi connectivity index (χ1) is 18.4. The Kier molecular flexibility index (Phi) is 4.40. The third kappa shape index (κ3) is 4.48. The summed E-state index contributed by atoms with van der Waals surface area (Å²) in [7, 11) is 0. The third-order valence-corrected chi connectivity index (χ3v) is 6.93. The van der Waals surface area contributed by atoms with Gasteiger partial charge < -0.3 is 19.8 Å². The number of rotatable bonds is 6. The molecule has 5 rings (SSSR count). The highest BCUT2D eigenvalue weighted by Gasteiger charge is 2.30. The van der Waals surface area contributed by atoms with E-state index >= 15 is 0 Å². The van der Waals surface area contributed by atoms with E-state index in [1.807, 2.05) is 24.3 Å². The minimum absolute atomic E-state index is 0.0338. The van der Waals surface area contributed by atoms with E-state index < -0.39 is 25.1 Å². The largest absolute Gasteiger partial charge is 0.508 e. The molecule has 2 aliphatic heterocycles. The smallest absolute Gasteiger partial charge is 0.150 e. The molecule has 33 heavy (non-hydrogen) atoms. The van der Waals surface area contributed by atoms with Crippen molar-refractivity contribution in [3.05, 3.63) is 83.4 Å². The predicted molar refractivity (Wildman–Crippen MR) is 135 cm³/mol. The van der Waals surface area contributed by atoms with Gasteiger partial charge in [-0.05, 0) is 72.9 Å². The van der Waals surface area contributed by atoms with E-state index in [-0.39, 0.29) is 22.8 Å². The molecule has 0 saturated carbocycles. The lowest BCUT2D eigenvalue weighted by atomic mass is 9.86. The van der Waals surface area contributed by atoms with Crippen LogP contribution in [0.25, 0.3) is 11.1 Å². The van der Waals surface area contributed by atoms with E-state index in [4.69, 9.17) is 13.0 Å². The Morgan fingerprint density at radius 1 is 1.03 bits per heavy atom. The number of fused-ring (bicyclic) bond motifs is 1. The number of allylic oxidation sites excluding steroid dienone is 1. The molecule has 2 heterocycles. The summed E-state index contributed by atoms with van der Waals surface area (Å²) in [6.45, 7) is -1.56. The van der Waals surface area contributed by atoms with Gasteiger partial charge in [0.1, 0.15) is 23.4 Å². The second kappa shape index (κ2) is 9.16. The second-order valence-corrected chi connectivity index (χ2v) is 9.48. The Hall–Kier alpha value is -2.89. The maximum Gasteiger partial charge on any atom is 0.150 e. The number of nitrogens with zero attached hydrogens (tertiary/aromatic N) is 1. The topological polar surface area (TPSA) is 52.9 Å². The van der Waals surface area contributed by atoms with Gasteiger partial charge in [-0.1, -0.05) is 31.1 Å². The van der Waals surface area contributed by atoms with Crippen molar-refractivity contribution in [3.8, 4) is 17.2 Å². The summed E-state index contributed by atoms with van der Waals surface area (Å²) in [6.07, 6.45) is -0.322. The lowest BCUT2D eigenvalue weighted by Gasteiger charge is -2.38. The van der Waals surface area contributed by atoms with Gasteiger partial charge in [-0.3, -0.25) is 0 Å². The molecule has 2 N–H and O–H groups in total. The van der Waals surface area contributed by atoms with Crippen LogP contribution >= 0.6 is 11.8 Å². The molecule has 0 spiro atoms. The van der Waals surface area contributed by atoms with Crippen LogP contribution in [0, 0.1) is 0 Å². The minimum Gasteiger partial charge on any atom is -0.508 e. The summed E-state index contributed by atoms with van der Waals surface area (Å²) in [4.78, 5) is 2.98. The molecule has 3 aromatic carbocycles. The Balaban J connectivity index is 1.47. The number of phenols is 2. The summed E-state index contributed by atoms with van der Waals surface area (Å²) >= 11 is 1.45. The maximum atomic E-state index is 10.1. The first-order valence-electron chi connectivity index (χ1n) is 14.0. The van der Waals surface area contributed by atoms with Crippen LogP contribution in [0.2, 0.25) is 0 Å². The lowest BCUT2D eigenvalue weighted by Crippen LogP contribution is -2.48. The summed E-state index contributed by atoms with van der Waals surface area (Å²) in [5.41, 5.74) is 2.28. The summed E-state index contributed by atoms with van der Waals surface area (Å²) in [5, 5.41) is 19.2. The third-order valence-electron chi connectivity index (χ3n) is 5.88.